The molecule has 0 radical (unpaired) electrons. The number of carbonyl (C=O) groups excluding carboxylic acids is 3. The van der Waals surface area contributed by atoms with E-state index in [1.807, 2.05) is 49.6 Å². The highest BCUT2D eigenvalue weighted by Gasteiger charge is 2.42. The van der Waals surface area contributed by atoms with Crippen molar-refractivity contribution in [2.75, 3.05) is 24.7 Å². The van der Waals surface area contributed by atoms with Crippen molar-refractivity contribution >= 4 is 35.4 Å². The summed E-state index contributed by atoms with van der Waals surface area (Å²) in [6.07, 6.45) is 1.98. The largest absolute Gasteiger partial charge is 0.456 e. The van der Waals surface area contributed by atoms with Crippen molar-refractivity contribution in [3.8, 4) is 0 Å². The quantitative estimate of drug-likeness (QED) is 0.570. The third-order valence-electron chi connectivity index (χ3n) is 5.08. The van der Waals surface area contributed by atoms with E-state index < -0.39 is 18.0 Å². The molecule has 2 aliphatic rings. The molecule has 2 aromatic rings. The molecular weight excluding hydrogens is 402 g/mol. The molecule has 4 rings (SSSR count). The Labute approximate surface area is 178 Å². The summed E-state index contributed by atoms with van der Waals surface area (Å²) in [6, 6.07) is 14.0. The maximum absolute atomic E-state index is 12.8. The number of cyclic esters (lactones) is 1. The predicted molar refractivity (Wildman–Crippen MR) is 114 cm³/mol. The summed E-state index contributed by atoms with van der Waals surface area (Å²) >= 11 is 1.61. The van der Waals surface area contributed by atoms with Crippen molar-refractivity contribution in [1.29, 1.82) is 0 Å². The van der Waals surface area contributed by atoms with E-state index in [4.69, 9.17) is 4.74 Å². The number of urea groups is 1. The first-order valence-electron chi connectivity index (χ1n) is 9.45. The second-order valence-electron chi connectivity index (χ2n) is 7.09. The highest BCUT2D eigenvalue weighted by molar-refractivity contribution is 7.98. The number of aryl methyl sites for hydroxylation is 1. The summed E-state index contributed by atoms with van der Waals surface area (Å²) in [5.74, 6) is -0.837. The predicted octanol–water partition coefficient (Wildman–Crippen LogP) is 3.23. The molecule has 154 valence electrons. The molecule has 2 aromatic carbocycles. The molecule has 0 aliphatic carbocycles. The van der Waals surface area contributed by atoms with Gasteiger partial charge < -0.3 is 15.4 Å². The molecule has 7 nitrogen and oxygen atoms in total. The fourth-order valence-electron chi connectivity index (χ4n) is 3.51. The minimum Gasteiger partial charge on any atom is -0.456 e. The van der Waals surface area contributed by atoms with Crippen LogP contribution in [0.4, 0.5) is 10.5 Å². The Bertz CT molecular complexity index is 1030. The number of hydrogen-bond donors (Lipinski definition) is 2. The van der Waals surface area contributed by atoms with Gasteiger partial charge >= 0.3 is 12.0 Å². The van der Waals surface area contributed by atoms with Gasteiger partial charge in [-0.25, -0.2) is 9.59 Å². The lowest BCUT2D eigenvalue weighted by atomic mass is 9.96. The molecule has 0 spiro atoms. The number of anilines is 1. The van der Waals surface area contributed by atoms with Gasteiger partial charge in [-0.05, 0) is 43.0 Å². The maximum Gasteiger partial charge on any atom is 0.338 e. The number of thioether (sulfide) groups is 1. The van der Waals surface area contributed by atoms with Crippen LogP contribution in [0, 0.1) is 6.92 Å². The lowest BCUT2D eigenvalue weighted by molar-refractivity contribution is -0.136. The van der Waals surface area contributed by atoms with Crippen LogP contribution in [0.5, 0.6) is 0 Å². The second kappa shape index (κ2) is 8.23. The number of hydrogen-bond acceptors (Lipinski definition) is 5. The van der Waals surface area contributed by atoms with Crippen molar-refractivity contribution in [1.82, 2.24) is 10.2 Å². The number of nitrogens with zero attached hydrogens (tertiary/aromatic N) is 1. The summed E-state index contributed by atoms with van der Waals surface area (Å²) in [6.45, 7) is 1.71. The van der Waals surface area contributed by atoms with Gasteiger partial charge in [0.25, 0.3) is 0 Å². The first-order chi connectivity index (χ1) is 14.5. The van der Waals surface area contributed by atoms with Gasteiger partial charge in [-0.1, -0.05) is 29.8 Å². The summed E-state index contributed by atoms with van der Waals surface area (Å²) in [5, 5.41) is 5.61. The van der Waals surface area contributed by atoms with Crippen LogP contribution in [-0.4, -0.2) is 42.2 Å². The first-order valence-corrected chi connectivity index (χ1v) is 10.7. The Morgan fingerprint density at radius 2 is 1.87 bits per heavy atom. The van der Waals surface area contributed by atoms with Crippen molar-refractivity contribution in [2.24, 2.45) is 0 Å². The normalized spacial score (nSPS) is 18.1. The number of esters is 1. The van der Waals surface area contributed by atoms with Crippen LogP contribution in [0.3, 0.4) is 0 Å². The molecule has 1 unspecified atom stereocenters. The van der Waals surface area contributed by atoms with Gasteiger partial charge in [-0.15, -0.1) is 11.8 Å². The average molecular weight is 423 g/mol. The second-order valence-corrected chi connectivity index (χ2v) is 7.97. The maximum atomic E-state index is 12.8. The van der Waals surface area contributed by atoms with Crippen LogP contribution < -0.4 is 10.6 Å². The van der Waals surface area contributed by atoms with E-state index in [0.717, 1.165) is 16.0 Å². The fourth-order valence-corrected chi connectivity index (χ4v) is 3.91. The zero-order valence-electron chi connectivity index (χ0n) is 16.6. The van der Waals surface area contributed by atoms with E-state index in [-0.39, 0.29) is 19.1 Å². The van der Waals surface area contributed by atoms with Crippen molar-refractivity contribution in [3.05, 3.63) is 70.9 Å². The van der Waals surface area contributed by atoms with Crippen LogP contribution in [-0.2, 0) is 14.3 Å². The highest BCUT2D eigenvalue weighted by atomic mass is 32.2. The topological polar surface area (TPSA) is 87.7 Å². The van der Waals surface area contributed by atoms with Gasteiger partial charge in [0.1, 0.15) is 13.2 Å². The van der Waals surface area contributed by atoms with Gasteiger partial charge in [0.15, 0.2) is 0 Å². The fraction of sp³-hybridized carbons (Fsp3) is 0.227. The molecule has 2 heterocycles. The summed E-state index contributed by atoms with van der Waals surface area (Å²) < 4.78 is 5.21. The summed E-state index contributed by atoms with van der Waals surface area (Å²) in [7, 11) is 0. The number of amides is 3. The summed E-state index contributed by atoms with van der Waals surface area (Å²) in [4.78, 5) is 40.1. The Morgan fingerprint density at radius 1 is 1.17 bits per heavy atom. The number of nitrogens with one attached hydrogen (secondary N) is 2. The van der Waals surface area contributed by atoms with E-state index in [9.17, 15) is 14.4 Å². The van der Waals surface area contributed by atoms with Gasteiger partial charge in [-0.2, -0.15) is 0 Å². The third kappa shape index (κ3) is 3.91. The lowest BCUT2D eigenvalue weighted by Gasteiger charge is -2.32. The molecule has 2 N–H and O–H groups in total. The zero-order valence-corrected chi connectivity index (χ0v) is 17.4. The SMILES string of the molecule is CSc1ccc(C2NC(=O)N(CC(=O)Nc3ccc(C)cc3)C3=C2C(=O)OC3)cc1. The highest BCUT2D eigenvalue weighted by Crippen LogP contribution is 2.35. The van der Waals surface area contributed by atoms with Crippen LogP contribution in [0.1, 0.15) is 17.2 Å². The van der Waals surface area contributed by atoms with Gasteiger partial charge in [0.2, 0.25) is 5.91 Å². The number of rotatable bonds is 5. The molecule has 8 heteroatoms. The van der Waals surface area contributed by atoms with Crippen molar-refractivity contribution in [3.63, 3.8) is 0 Å². The first kappa shape index (κ1) is 20.0. The van der Waals surface area contributed by atoms with Gasteiger partial charge in [0, 0.05) is 10.6 Å². The van der Waals surface area contributed by atoms with Crippen LogP contribution in [0.2, 0.25) is 0 Å². The zero-order chi connectivity index (χ0) is 21.3. The molecule has 0 saturated heterocycles. The Morgan fingerprint density at radius 3 is 2.53 bits per heavy atom. The van der Waals surface area contributed by atoms with E-state index in [1.165, 1.54) is 4.90 Å². The third-order valence-corrected chi connectivity index (χ3v) is 5.83. The summed E-state index contributed by atoms with van der Waals surface area (Å²) in [5.41, 5.74) is 3.31. The number of ether oxygens (including phenoxy) is 1. The average Bonchev–Trinajstić information content (AvgIpc) is 3.13. The Kier molecular flexibility index (Phi) is 5.50. The molecule has 2 aliphatic heterocycles. The van der Waals surface area contributed by atoms with E-state index >= 15 is 0 Å². The van der Waals surface area contributed by atoms with E-state index in [0.29, 0.717) is 17.0 Å². The van der Waals surface area contributed by atoms with Crippen LogP contribution >= 0.6 is 11.8 Å². The lowest BCUT2D eigenvalue weighted by Crippen LogP contribution is -2.49. The van der Waals surface area contributed by atoms with E-state index in [2.05, 4.69) is 10.6 Å². The minimum atomic E-state index is -0.602. The van der Waals surface area contributed by atoms with Crippen LogP contribution in [0.25, 0.3) is 0 Å². The molecule has 0 bridgehead atoms. The minimum absolute atomic E-state index is 0.0290. The Balaban J connectivity index is 1.57. The van der Waals surface area contributed by atoms with E-state index in [1.54, 1.807) is 23.9 Å². The molecular formula is C22H21N3O4S. The monoisotopic (exact) mass is 423 g/mol. The Hall–Kier alpha value is -3.26. The van der Waals surface area contributed by atoms with Crippen LogP contribution in [0.15, 0.2) is 64.7 Å². The number of benzene rings is 2. The van der Waals surface area contributed by atoms with Gasteiger partial charge in [0.05, 0.1) is 17.3 Å². The molecule has 0 aromatic heterocycles. The standard InChI is InChI=1S/C22H21N3O4S/c1-13-3-7-15(8-4-13)23-18(26)11-25-17-12-29-21(27)19(17)20(24-22(25)28)14-5-9-16(30-2)10-6-14/h3-10,20H,11-12H2,1-2H3,(H,23,26)(H,24,28). The molecule has 0 fully saturated rings. The van der Waals surface area contributed by atoms with Crippen molar-refractivity contribution < 1.29 is 19.1 Å². The molecule has 0 saturated carbocycles. The molecule has 3 amide bonds. The molecule has 1 atom stereocenters. The molecule has 30 heavy (non-hydrogen) atoms. The van der Waals surface area contributed by atoms with Crippen molar-refractivity contribution in [2.45, 2.75) is 17.9 Å². The van der Waals surface area contributed by atoms with Gasteiger partial charge in [-0.3, -0.25) is 9.69 Å². The number of carbonyl (C=O) groups is 3. The smallest absolute Gasteiger partial charge is 0.338 e.